The molecule has 2 aromatic rings. The van der Waals surface area contributed by atoms with Crippen LogP contribution in [0.2, 0.25) is 0 Å². The molecule has 1 aliphatic heterocycles. The molecule has 3 N–H and O–H groups in total. The lowest BCUT2D eigenvalue weighted by Gasteiger charge is -2.28. The molecular weight excluding hydrogens is 438 g/mol. The van der Waals surface area contributed by atoms with E-state index in [2.05, 4.69) is 5.32 Å². The summed E-state index contributed by atoms with van der Waals surface area (Å²) in [6.07, 6.45) is 2.67. The van der Waals surface area contributed by atoms with Crippen molar-refractivity contribution < 1.29 is 27.2 Å². The summed E-state index contributed by atoms with van der Waals surface area (Å²) in [6.45, 7) is 0.644. The molecule has 1 heterocycles. The van der Waals surface area contributed by atoms with Crippen LogP contribution >= 0.6 is 0 Å². The van der Waals surface area contributed by atoms with Crippen molar-refractivity contribution in [3.63, 3.8) is 0 Å². The zero-order valence-electron chi connectivity index (χ0n) is 17.9. The zero-order chi connectivity index (χ0) is 23.7. The number of rotatable bonds is 6. The maximum absolute atomic E-state index is 13.8. The Kier molecular flexibility index (Phi) is 6.69. The number of likely N-dealkylation sites (tertiary alicyclic amines) is 1. The Hall–Kier alpha value is -2.94. The molecule has 33 heavy (non-hydrogen) atoms. The monoisotopic (exact) mass is 463 g/mol. The van der Waals surface area contributed by atoms with E-state index in [0.717, 1.165) is 24.1 Å². The van der Waals surface area contributed by atoms with Crippen molar-refractivity contribution in [3.8, 4) is 0 Å². The topological polar surface area (TPSA) is 75.4 Å². The minimum atomic E-state index is -0.953. The van der Waals surface area contributed by atoms with Gasteiger partial charge in [-0.1, -0.05) is 0 Å². The molecule has 5 nitrogen and oxygen atoms in total. The third-order valence-corrected chi connectivity index (χ3v) is 6.60. The first kappa shape index (κ1) is 23.2. The summed E-state index contributed by atoms with van der Waals surface area (Å²) in [6, 6.07) is 4.28. The van der Waals surface area contributed by atoms with Gasteiger partial charge >= 0.3 is 0 Å². The van der Waals surface area contributed by atoms with Gasteiger partial charge in [-0.3, -0.25) is 9.59 Å². The molecule has 2 aliphatic rings. The maximum Gasteiger partial charge on any atom is 0.254 e. The molecule has 0 spiro atoms. The standard InChI is InChI=1S/C24H25F4N3O2/c25-14-4-6-17(19(26)9-14)24(33)30-12-15-2-1-7-31(15)23(32)11-22(29)16-5-3-13-8-20(27)21(28)10-18(13)16/h4,6,8-10,15-16,22H,1-3,5,7,11-12,29H2,(H,30,33)/t15-,16-,22-/m0/s1. The Morgan fingerprint density at radius 1 is 1.06 bits per heavy atom. The SMILES string of the molecule is N[C@@H](CC(=O)N1CCC[C@H]1CNC(=O)c1ccc(F)cc1F)[C@H]1CCc2cc(F)c(F)cc21. The predicted molar refractivity (Wildman–Crippen MR) is 113 cm³/mol. The Morgan fingerprint density at radius 3 is 2.58 bits per heavy atom. The van der Waals surface area contributed by atoms with Crippen LogP contribution in [0.3, 0.4) is 0 Å². The molecule has 0 radical (unpaired) electrons. The average Bonchev–Trinajstić information content (AvgIpc) is 3.39. The molecule has 1 fully saturated rings. The van der Waals surface area contributed by atoms with E-state index >= 15 is 0 Å². The number of nitrogens with zero attached hydrogens (tertiary/aromatic N) is 1. The molecule has 0 saturated carbocycles. The number of hydrogen-bond donors (Lipinski definition) is 2. The van der Waals surface area contributed by atoms with Gasteiger partial charge in [0.15, 0.2) is 11.6 Å². The Bertz CT molecular complexity index is 1080. The summed E-state index contributed by atoms with van der Waals surface area (Å²) >= 11 is 0. The fourth-order valence-corrected chi connectivity index (χ4v) is 4.89. The van der Waals surface area contributed by atoms with Gasteiger partial charge in [-0.2, -0.15) is 0 Å². The number of halogens is 4. The maximum atomic E-state index is 13.8. The summed E-state index contributed by atoms with van der Waals surface area (Å²) in [5, 5.41) is 2.62. The largest absolute Gasteiger partial charge is 0.350 e. The molecule has 1 saturated heterocycles. The minimum Gasteiger partial charge on any atom is -0.350 e. The Morgan fingerprint density at radius 2 is 1.82 bits per heavy atom. The quantitative estimate of drug-likeness (QED) is 0.645. The van der Waals surface area contributed by atoms with E-state index in [9.17, 15) is 27.2 Å². The van der Waals surface area contributed by atoms with Crippen LogP contribution in [0, 0.1) is 23.3 Å². The van der Waals surface area contributed by atoms with E-state index < -0.39 is 35.2 Å². The van der Waals surface area contributed by atoms with Gasteiger partial charge in [-0.15, -0.1) is 0 Å². The minimum absolute atomic E-state index is 0.0418. The predicted octanol–water partition coefficient (Wildman–Crippen LogP) is 3.41. The van der Waals surface area contributed by atoms with Gasteiger partial charge in [-0.05, 0) is 61.1 Å². The fourth-order valence-electron chi connectivity index (χ4n) is 4.89. The second-order valence-electron chi connectivity index (χ2n) is 8.70. The van der Waals surface area contributed by atoms with Crippen LogP contribution < -0.4 is 11.1 Å². The molecule has 1 aliphatic carbocycles. The first-order valence-corrected chi connectivity index (χ1v) is 11.0. The number of hydrogen-bond acceptors (Lipinski definition) is 3. The van der Waals surface area contributed by atoms with Crippen LogP contribution in [0.15, 0.2) is 30.3 Å². The average molecular weight is 463 g/mol. The lowest BCUT2D eigenvalue weighted by atomic mass is 9.91. The van der Waals surface area contributed by atoms with Gasteiger partial charge in [0.05, 0.1) is 5.56 Å². The van der Waals surface area contributed by atoms with Crippen molar-refractivity contribution >= 4 is 11.8 Å². The van der Waals surface area contributed by atoms with E-state index in [-0.39, 0.29) is 36.4 Å². The van der Waals surface area contributed by atoms with E-state index in [1.807, 2.05) is 0 Å². The van der Waals surface area contributed by atoms with Gasteiger partial charge in [0.1, 0.15) is 11.6 Å². The number of carbonyl (C=O) groups is 2. The lowest BCUT2D eigenvalue weighted by molar-refractivity contribution is -0.132. The number of amides is 2. The van der Waals surface area contributed by atoms with Gasteiger partial charge in [-0.25, -0.2) is 17.6 Å². The number of nitrogens with two attached hydrogens (primary N) is 1. The van der Waals surface area contributed by atoms with E-state index in [1.165, 1.54) is 12.1 Å². The second kappa shape index (κ2) is 9.51. The van der Waals surface area contributed by atoms with Crippen LogP contribution in [0.1, 0.15) is 53.1 Å². The summed E-state index contributed by atoms with van der Waals surface area (Å²) in [5.41, 5.74) is 7.42. The molecule has 0 aromatic heterocycles. The van der Waals surface area contributed by atoms with E-state index in [0.29, 0.717) is 37.4 Å². The van der Waals surface area contributed by atoms with Crippen LogP contribution in [0.25, 0.3) is 0 Å². The molecule has 0 bridgehead atoms. The lowest BCUT2D eigenvalue weighted by Crippen LogP contribution is -2.45. The van der Waals surface area contributed by atoms with E-state index in [4.69, 9.17) is 5.73 Å². The highest BCUT2D eigenvalue weighted by atomic mass is 19.2. The van der Waals surface area contributed by atoms with Crippen molar-refractivity contribution in [2.45, 2.75) is 50.1 Å². The fraction of sp³-hybridized carbons (Fsp3) is 0.417. The summed E-state index contributed by atoms with van der Waals surface area (Å²) in [4.78, 5) is 26.9. The molecular formula is C24H25F4N3O2. The summed E-state index contributed by atoms with van der Waals surface area (Å²) < 4.78 is 54.1. The Balaban J connectivity index is 1.35. The molecule has 2 amide bonds. The van der Waals surface area contributed by atoms with Crippen LogP contribution in [-0.4, -0.2) is 41.9 Å². The molecule has 176 valence electrons. The molecule has 9 heteroatoms. The van der Waals surface area contributed by atoms with Crippen molar-refractivity contribution in [2.75, 3.05) is 13.1 Å². The van der Waals surface area contributed by atoms with Crippen molar-refractivity contribution in [1.29, 1.82) is 0 Å². The number of benzene rings is 2. The third kappa shape index (κ3) is 4.88. The van der Waals surface area contributed by atoms with Gasteiger partial charge in [0, 0.05) is 43.6 Å². The second-order valence-corrected chi connectivity index (χ2v) is 8.70. The van der Waals surface area contributed by atoms with Gasteiger partial charge in [0.25, 0.3) is 5.91 Å². The van der Waals surface area contributed by atoms with Crippen LogP contribution in [0.5, 0.6) is 0 Å². The number of nitrogens with one attached hydrogen (secondary N) is 1. The Labute approximate surface area is 188 Å². The molecule has 4 rings (SSSR count). The van der Waals surface area contributed by atoms with E-state index in [1.54, 1.807) is 4.90 Å². The molecule has 3 atom stereocenters. The highest BCUT2D eigenvalue weighted by molar-refractivity contribution is 5.94. The summed E-state index contributed by atoms with van der Waals surface area (Å²) in [5.74, 6) is -4.63. The third-order valence-electron chi connectivity index (χ3n) is 6.60. The zero-order valence-corrected chi connectivity index (χ0v) is 17.9. The van der Waals surface area contributed by atoms with Gasteiger partial charge < -0.3 is 16.0 Å². The first-order chi connectivity index (χ1) is 15.7. The van der Waals surface area contributed by atoms with Crippen molar-refractivity contribution in [3.05, 3.63) is 70.3 Å². The highest BCUT2D eigenvalue weighted by Gasteiger charge is 2.34. The van der Waals surface area contributed by atoms with Crippen LogP contribution in [0.4, 0.5) is 17.6 Å². The van der Waals surface area contributed by atoms with Gasteiger partial charge in [0.2, 0.25) is 5.91 Å². The molecule has 0 unspecified atom stereocenters. The normalized spacial score (nSPS) is 20.6. The van der Waals surface area contributed by atoms with Crippen LogP contribution in [-0.2, 0) is 11.2 Å². The van der Waals surface area contributed by atoms with Crippen molar-refractivity contribution in [2.24, 2.45) is 5.73 Å². The first-order valence-electron chi connectivity index (χ1n) is 11.0. The van der Waals surface area contributed by atoms with Crippen molar-refractivity contribution in [1.82, 2.24) is 10.2 Å². The highest BCUT2D eigenvalue weighted by Crippen LogP contribution is 2.37. The number of fused-ring (bicyclic) bond motifs is 1. The molecule has 2 aromatic carbocycles. The smallest absolute Gasteiger partial charge is 0.254 e. The number of aryl methyl sites for hydroxylation is 1. The number of carbonyl (C=O) groups excluding carboxylic acids is 2. The summed E-state index contributed by atoms with van der Waals surface area (Å²) in [7, 11) is 0.